The highest BCUT2D eigenvalue weighted by Gasteiger charge is 2.22. The molecular weight excluding hydrogens is 480 g/mol. The zero-order valence-electron chi connectivity index (χ0n) is 20.4. The van der Waals surface area contributed by atoms with Crippen LogP contribution in [0.2, 0.25) is 0 Å². The second-order valence-electron chi connectivity index (χ2n) is 9.28. The van der Waals surface area contributed by atoms with Crippen LogP contribution in [0.5, 0.6) is 5.75 Å². The summed E-state index contributed by atoms with van der Waals surface area (Å²) < 4.78 is 39.1. The van der Waals surface area contributed by atoms with E-state index in [1.807, 2.05) is 6.92 Å². The first-order valence-electron chi connectivity index (χ1n) is 12.2. The van der Waals surface area contributed by atoms with Crippen molar-refractivity contribution >= 4 is 23.0 Å². The Morgan fingerprint density at radius 1 is 1.05 bits per heavy atom. The highest BCUT2D eigenvalue weighted by atomic mass is 19.1. The zero-order chi connectivity index (χ0) is 25.9. The van der Waals surface area contributed by atoms with Crippen LogP contribution in [0, 0.1) is 21.7 Å². The van der Waals surface area contributed by atoms with Crippen molar-refractivity contribution in [3.05, 3.63) is 98.6 Å². The molecule has 1 saturated heterocycles. The first-order chi connectivity index (χ1) is 17.9. The Labute approximate surface area is 213 Å². The number of rotatable bonds is 6. The molecule has 3 aromatic carbocycles. The molecule has 0 bridgehead atoms. The number of nitrogens with zero attached hydrogens (tertiary/aromatic N) is 2. The van der Waals surface area contributed by atoms with Gasteiger partial charge >= 0.3 is 0 Å². The maximum atomic E-state index is 14.0. The van der Waals surface area contributed by atoms with E-state index >= 15 is 0 Å². The summed E-state index contributed by atoms with van der Waals surface area (Å²) in [6.07, 6.45) is 1.79. The van der Waals surface area contributed by atoms with Gasteiger partial charge in [0.2, 0.25) is 0 Å². The summed E-state index contributed by atoms with van der Waals surface area (Å²) in [5.74, 6) is -0.531. The van der Waals surface area contributed by atoms with Gasteiger partial charge in [0.05, 0.1) is 18.1 Å². The number of anilines is 1. The van der Waals surface area contributed by atoms with Crippen LogP contribution >= 0.6 is 0 Å². The lowest BCUT2D eigenvalue weighted by Crippen LogP contribution is -2.42. The van der Waals surface area contributed by atoms with E-state index in [4.69, 9.17) is 9.47 Å². The minimum atomic E-state index is -0.451. The number of morpholine rings is 1. The Bertz CT molecular complexity index is 1300. The van der Waals surface area contributed by atoms with Crippen molar-refractivity contribution in [2.24, 2.45) is 0 Å². The minimum Gasteiger partial charge on any atom is -0.488 e. The Morgan fingerprint density at radius 2 is 1.78 bits per heavy atom. The van der Waals surface area contributed by atoms with E-state index in [-0.39, 0.29) is 18.3 Å². The van der Waals surface area contributed by atoms with Crippen molar-refractivity contribution in [2.75, 3.05) is 38.2 Å². The molecule has 9 heteroatoms. The number of nitrogens with one attached hydrogen (secondary N) is 1. The summed E-state index contributed by atoms with van der Waals surface area (Å²) in [4.78, 5) is 13.8. The van der Waals surface area contributed by atoms with E-state index < -0.39 is 16.6 Å². The number of hydrogen-bond donors (Lipinski definition) is 1. The number of nitro benzene ring substituents is 1. The predicted molar refractivity (Wildman–Crippen MR) is 138 cm³/mol. The summed E-state index contributed by atoms with van der Waals surface area (Å²) in [7, 11) is 0. The van der Waals surface area contributed by atoms with Gasteiger partial charge in [-0.05, 0) is 60.0 Å². The van der Waals surface area contributed by atoms with E-state index in [0.717, 1.165) is 25.2 Å². The molecule has 0 spiro atoms. The van der Waals surface area contributed by atoms with E-state index in [1.165, 1.54) is 30.3 Å². The van der Waals surface area contributed by atoms with Crippen molar-refractivity contribution in [1.82, 2.24) is 4.90 Å². The van der Waals surface area contributed by atoms with Gasteiger partial charge in [-0.15, -0.1) is 0 Å². The molecule has 5 rings (SSSR count). The second kappa shape index (κ2) is 10.7. The lowest BCUT2D eigenvalue weighted by atomic mass is 9.92. The van der Waals surface area contributed by atoms with Crippen molar-refractivity contribution < 1.29 is 23.2 Å². The molecule has 1 fully saturated rings. The summed E-state index contributed by atoms with van der Waals surface area (Å²) in [5.41, 5.74) is 3.58. The van der Waals surface area contributed by atoms with Gasteiger partial charge < -0.3 is 14.8 Å². The Hall–Kier alpha value is -3.82. The molecule has 2 aliphatic rings. The number of nitro groups is 1. The normalized spacial score (nSPS) is 17.3. The van der Waals surface area contributed by atoms with Crippen molar-refractivity contribution in [2.45, 2.75) is 19.6 Å². The smallest absolute Gasteiger partial charge is 0.292 e. The van der Waals surface area contributed by atoms with Crippen LogP contribution in [-0.4, -0.2) is 48.7 Å². The molecule has 37 heavy (non-hydrogen) atoms. The highest BCUT2D eigenvalue weighted by molar-refractivity contribution is 5.95. The quantitative estimate of drug-likeness (QED) is 0.351. The molecule has 1 N–H and O–H groups in total. The number of ether oxygens (including phenoxy) is 2. The standard InChI is InChI=1S/C28H27F2N3O4/c1-18(16-32-8-10-36-11-9-32)31-26-7-2-19(13-27(26)33(34)35)12-25-23-5-3-21(29)14-20(23)17-37-28-15-22(30)4-6-24(25)28/h2-7,12-15,18,31H,8-11,16-17H2,1H3/t18-/m1/s1. The molecule has 2 aliphatic heterocycles. The zero-order valence-corrected chi connectivity index (χ0v) is 20.4. The molecule has 0 aliphatic carbocycles. The number of benzene rings is 3. The van der Waals surface area contributed by atoms with Crippen molar-refractivity contribution in [3.63, 3.8) is 0 Å². The molecule has 3 aromatic rings. The van der Waals surface area contributed by atoms with Crippen LogP contribution in [0.25, 0.3) is 11.6 Å². The van der Waals surface area contributed by atoms with Gasteiger partial charge in [-0.2, -0.15) is 0 Å². The third-order valence-corrected chi connectivity index (χ3v) is 6.54. The first-order valence-corrected chi connectivity index (χ1v) is 12.2. The number of halogens is 2. The number of hydrogen-bond acceptors (Lipinski definition) is 6. The summed E-state index contributed by atoms with van der Waals surface area (Å²) in [6, 6.07) is 13.6. The largest absolute Gasteiger partial charge is 0.488 e. The first kappa shape index (κ1) is 24.9. The van der Waals surface area contributed by atoms with Crippen LogP contribution < -0.4 is 10.1 Å². The van der Waals surface area contributed by atoms with Gasteiger partial charge in [-0.3, -0.25) is 15.0 Å². The number of fused-ring (bicyclic) bond motifs is 2. The fraction of sp³-hybridized carbons (Fsp3) is 0.286. The van der Waals surface area contributed by atoms with Crippen LogP contribution in [0.15, 0.2) is 54.6 Å². The molecule has 0 aromatic heterocycles. The summed E-state index contributed by atoms with van der Waals surface area (Å²) >= 11 is 0. The highest BCUT2D eigenvalue weighted by Crippen LogP contribution is 2.39. The lowest BCUT2D eigenvalue weighted by Gasteiger charge is -2.29. The molecule has 2 heterocycles. The molecule has 0 amide bonds. The van der Waals surface area contributed by atoms with Gasteiger partial charge in [0.15, 0.2) is 0 Å². The van der Waals surface area contributed by atoms with E-state index in [1.54, 1.807) is 30.3 Å². The maximum absolute atomic E-state index is 14.0. The maximum Gasteiger partial charge on any atom is 0.292 e. The molecule has 7 nitrogen and oxygen atoms in total. The van der Waals surface area contributed by atoms with Gasteiger partial charge in [0.25, 0.3) is 5.69 Å². The summed E-state index contributed by atoms with van der Waals surface area (Å²) in [5, 5.41) is 15.3. The predicted octanol–water partition coefficient (Wildman–Crippen LogP) is 5.49. The Morgan fingerprint density at radius 3 is 2.54 bits per heavy atom. The van der Waals surface area contributed by atoms with Gasteiger partial charge in [0, 0.05) is 48.9 Å². The molecular formula is C28H27F2N3O4. The monoisotopic (exact) mass is 507 g/mol. The van der Waals surface area contributed by atoms with E-state index in [2.05, 4.69) is 10.2 Å². The van der Waals surface area contributed by atoms with Gasteiger partial charge in [-0.1, -0.05) is 12.1 Å². The fourth-order valence-electron chi connectivity index (χ4n) is 4.80. The van der Waals surface area contributed by atoms with Crippen LogP contribution in [-0.2, 0) is 11.3 Å². The molecule has 0 unspecified atom stereocenters. The average Bonchev–Trinajstić information content (AvgIpc) is 3.01. The molecule has 0 radical (unpaired) electrons. The minimum absolute atomic E-state index is 0.0106. The average molecular weight is 508 g/mol. The summed E-state index contributed by atoms with van der Waals surface area (Å²) in [6.45, 7) is 5.85. The molecule has 0 saturated carbocycles. The van der Waals surface area contributed by atoms with Crippen LogP contribution in [0.3, 0.4) is 0 Å². The molecule has 1 atom stereocenters. The Balaban J connectivity index is 1.50. The SMILES string of the molecule is C[C@H](CN1CCOCC1)Nc1ccc(C=C2c3ccc(F)cc3COc3cc(F)ccc32)cc1[N+](=O)[O-]. The van der Waals surface area contributed by atoms with E-state index in [9.17, 15) is 18.9 Å². The van der Waals surface area contributed by atoms with Crippen molar-refractivity contribution in [3.8, 4) is 5.75 Å². The third kappa shape index (κ3) is 5.63. The lowest BCUT2D eigenvalue weighted by molar-refractivity contribution is -0.384. The second-order valence-corrected chi connectivity index (χ2v) is 9.28. The van der Waals surface area contributed by atoms with Gasteiger partial charge in [-0.25, -0.2) is 8.78 Å². The van der Waals surface area contributed by atoms with Crippen LogP contribution in [0.4, 0.5) is 20.2 Å². The fourth-order valence-corrected chi connectivity index (χ4v) is 4.80. The van der Waals surface area contributed by atoms with Gasteiger partial charge in [0.1, 0.15) is 29.7 Å². The van der Waals surface area contributed by atoms with Crippen molar-refractivity contribution in [1.29, 1.82) is 0 Å². The third-order valence-electron chi connectivity index (χ3n) is 6.54. The topological polar surface area (TPSA) is 76.9 Å². The van der Waals surface area contributed by atoms with Crippen LogP contribution in [0.1, 0.15) is 29.2 Å². The molecule has 192 valence electrons. The Kier molecular flexibility index (Phi) is 7.16. The van der Waals surface area contributed by atoms with E-state index in [0.29, 0.717) is 46.9 Å².